The van der Waals surface area contributed by atoms with E-state index in [0.717, 1.165) is 18.5 Å². The minimum Gasteiger partial charge on any atom is -0.383 e. The van der Waals surface area contributed by atoms with Gasteiger partial charge in [0.25, 0.3) is 5.91 Å². The summed E-state index contributed by atoms with van der Waals surface area (Å²) in [5.74, 6) is 0.0254. The number of allylic oxidation sites excluding steroid dienone is 1. The molecule has 1 aromatic rings. The highest BCUT2D eigenvalue weighted by Gasteiger charge is 2.08. The van der Waals surface area contributed by atoms with Crippen LogP contribution in [0.1, 0.15) is 30.1 Å². The van der Waals surface area contributed by atoms with E-state index < -0.39 is 0 Å². The van der Waals surface area contributed by atoms with Gasteiger partial charge in [-0.2, -0.15) is 0 Å². The molecule has 0 fully saturated rings. The van der Waals surface area contributed by atoms with E-state index in [2.05, 4.69) is 18.8 Å². The summed E-state index contributed by atoms with van der Waals surface area (Å²) in [6.07, 6.45) is 3.95. The molecule has 0 saturated carbocycles. The number of benzene rings is 1. The molecule has 98 valence electrons. The highest BCUT2D eigenvalue weighted by atomic mass is 16.2. The van der Waals surface area contributed by atoms with Crippen LogP contribution < -0.4 is 5.32 Å². The lowest BCUT2D eigenvalue weighted by Crippen LogP contribution is -2.22. The van der Waals surface area contributed by atoms with Crippen LogP contribution in [0.3, 0.4) is 0 Å². The maximum absolute atomic E-state index is 11.8. The van der Waals surface area contributed by atoms with Gasteiger partial charge in [-0.3, -0.25) is 4.79 Å². The highest BCUT2D eigenvalue weighted by molar-refractivity contribution is 5.94. The molecule has 0 aromatic heterocycles. The lowest BCUT2D eigenvalue weighted by atomic mass is 10.1. The summed E-state index contributed by atoms with van der Waals surface area (Å²) in [4.78, 5) is 13.4. The van der Waals surface area contributed by atoms with Crippen molar-refractivity contribution in [3.63, 3.8) is 0 Å². The predicted molar refractivity (Wildman–Crippen MR) is 77.0 cm³/mol. The van der Waals surface area contributed by atoms with Crippen molar-refractivity contribution in [2.45, 2.75) is 25.8 Å². The van der Waals surface area contributed by atoms with Gasteiger partial charge >= 0.3 is 0 Å². The molecule has 0 bridgehead atoms. The zero-order valence-electron chi connectivity index (χ0n) is 11.4. The molecule has 0 radical (unpaired) electrons. The fourth-order valence-electron chi connectivity index (χ4n) is 1.72. The Balaban J connectivity index is 2.70. The average molecular weight is 246 g/mol. The zero-order chi connectivity index (χ0) is 13.5. The molecule has 0 spiro atoms. The van der Waals surface area contributed by atoms with Crippen molar-refractivity contribution in [3.8, 4) is 0 Å². The molecule has 3 nitrogen and oxygen atoms in total. The summed E-state index contributed by atoms with van der Waals surface area (Å²) in [5.41, 5.74) is 1.69. The fraction of sp³-hybridized carbons (Fsp3) is 0.400. The first-order chi connectivity index (χ1) is 8.54. The van der Waals surface area contributed by atoms with Crippen LogP contribution >= 0.6 is 0 Å². The maximum Gasteiger partial charge on any atom is 0.253 e. The molecular formula is C15H22N2O. The Morgan fingerprint density at radius 3 is 2.83 bits per heavy atom. The third-order valence-corrected chi connectivity index (χ3v) is 2.73. The summed E-state index contributed by atoms with van der Waals surface area (Å²) in [7, 11) is 3.52. The first kappa shape index (κ1) is 14.3. The standard InChI is InChI=1S/C15H22N2O/c1-5-6-8-12(2)16-14-10-7-9-13(11-14)15(18)17(3)4/h5,7,9-12,16H,1,6,8H2,2-4H3. The Kier molecular flexibility index (Phi) is 5.43. The number of rotatable bonds is 6. The average Bonchev–Trinajstić information content (AvgIpc) is 2.35. The van der Waals surface area contributed by atoms with Gasteiger partial charge in [0.2, 0.25) is 0 Å². The molecule has 1 N–H and O–H groups in total. The van der Waals surface area contributed by atoms with E-state index in [9.17, 15) is 4.79 Å². The monoisotopic (exact) mass is 246 g/mol. The van der Waals surface area contributed by atoms with Crippen molar-refractivity contribution in [2.24, 2.45) is 0 Å². The van der Waals surface area contributed by atoms with Crippen LogP contribution in [-0.2, 0) is 0 Å². The van der Waals surface area contributed by atoms with E-state index in [4.69, 9.17) is 0 Å². The molecule has 1 atom stereocenters. The van der Waals surface area contributed by atoms with E-state index >= 15 is 0 Å². The minimum atomic E-state index is 0.0254. The molecule has 18 heavy (non-hydrogen) atoms. The number of hydrogen-bond donors (Lipinski definition) is 1. The zero-order valence-corrected chi connectivity index (χ0v) is 11.4. The van der Waals surface area contributed by atoms with Crippen LogP contribution in [0.5, 0.6) is 0 Å². The highest BCUT2D eigenvalue weighted by Crippen LogP contribution is 2.14. The second-order valence-corrected chi connectivity index (χ2v) is 4.69. The number of carbonyl (C=O) groups is 1. The Morgan fingerprint density at radius 1 is 1.50 bits per heavy atom. The van der Waals surface area contributed by atoms with Crippen molar-refractivity contribution >= 4 is 11.6 Å². The summed E-state index contributed by atoms with van der Waals surface area (Å²) in [6.45, 7) is 5.85. The van der Waals surface area contributed by atoms with Crippen LogP contribution in [0, 0.1) is 0 Å². The molecule has 0 aliphatic carbocycles. The molecule has 1 rings (SSSR count). The van der Waals surface area contributed by atoms with Gasteiger partial charge in [0.15, 0.2) is 0 Å². The molecule has 3 heteroatoms. The molecule has 0 aliphatic heterocycles. The van der Waals surface area contributed by atoms with Gasteiger partial charge in [0, 0.05) is 31.4 Å². The Labute approximate surface area is 109 Å². The third kappa shape index (κ3) is 4.24. The smallest absolute Gasteiger partial charge is 0.253 e. The van der Waals surface area contributed by atoms with Gasteiger partial charge in [-0.05, 0) is 38.0 Å². The fourth-order valence-corrected chi connectivity index (χ4v) is 1.72. The van der Waals surface area contributed by atoms with Crippen molar-refractivity contribution in [3.05, 3.63) is 42.5 Å². The lowest BCUT2D eigenvalue weighted by molar-refractivity contribution is 0.0827. The van der Waals surface area contributed by atoms with E-state index in [1.54, 1.807) is 19.0 Å². The molecule has 1 amide bonds. The summed E-state index contributed by atoms with van der Waals surface area (Å²) in [5, 5.41) is 3.39. The Bertz CT molecular complexity index is 413. The van der Waals surface area contributed by atoms with Crippen LogP contribution in [0.25, 0.3) is 0 Å². The molecule has 0 aliphatic rings. The van der Waals surface area contributed by atoms with Crippen LogP contribution in [0.2, 0.25) is 0 Å². The van der Waals surface area contributed by atoms with Crippen molar-refractivity contribution in [1.82, 2.24) is 4.90 Å². The first-order valence-corrected chi connectivity index (χ1v) is 6.23. The molecule has 0 saturated heterocycles. The number of anilines is 1. The van der Waals surface area contributed by atoms with Gasteiger partial charge < -0.3 is 10.2 Å². The molecular weight excluding hydrogens is 224 g/mol. The van der Waals surface area contributed by atoms with Crippen molar-refractivity contribution < 1.29 is 4.79 Å². The Morgan fingerprint density at radius 2 is 2.22 bits per heavy atom. The lowest BCUT2D eigenvalue weighted by Gasteiger charge is -2.16. The number of hydrogen-bond acceptors (Lipinski definition) is 2. The van der Waals surface area contributed by atoms with Gasteiger partial charge in [-0.25, -0.2) is 0 Å². The van der Waals surface area contributed by atoms with E-state index in [-0.39, 0.29) is 5.91 Å². The van der Waals surface area contributed by atoms with E-state index in [1.807, 2.05) is 30.3 Å². The topological polar surface area (TPSA) is 32.3 Å². The number of carbonyl (C=O) groups excluding carboxylic acids is 1. The van der Waals surface area contributed by atoms with Gasteiger partial charge in [0.05, 0.1) is 0 Å². The first-order valence-electron chi connectivity index (χ1n) is 6.23. The predicted octanol–water partition coefficient (Wildman–Crippen LogP) is 3.16. The quantitative estimate of drug-likeness (QED) is 0.782. The molecule has 1 unspecified atom stereocenters. The van der Waals surface area contributed by atoms with Crippen molar-refractivity contribution in [2.75, 3.05) is 19.4 Å². The number of amides is 1. The normalized spacial score (nSPS) is 11.7. The Hall–Kier alpha value is -1.77. The number of nitrogens with one attached hydrogen (secondary N) is 1. The minimum absolute atomic E-state index is 0.0254. The van der Waals surface area contributed by atoms with Crippen molar-refractivity contribution in [1.29, 1.82) is 0 Å². The summed E-state index contributed by atoms with van der Waals surface area (Å²) < 4.78 is 0. The van der Waals surface area contributed by atoms with E-state index in [0.29, 0.717) is 11.6 Å². The molecule has 1 aromatic carbocycles. The van der Waals surface area contributed by atoms with Crippen LogP contribution in [0.4, 0.5) is 5.69 Å². The summed E-state index contributed by atoms with van der Waals surface area (Å²) in [6, 6.07) is 7.98. The van der Waals surface area contributed by atoms with E-state index in [1.165, 1.54) is 0 Å². The maximum atomic E-state index is 11.8. The third-order valence-electron chi connectivity index (χ3n) is 2.73. The second kappa shape index (κ2) is 6.84. The summed E-state index contributed by atoms with van der Waals surface area (Å²) >= 11 is 0. The largest absolute Gasteiger partial charge is 0.383 e. The van der Waals surface area contributed by atoms with Crippen LogP contribution in [-0.4, -0.2) is 30.9 Å². The number of nitrogens with zero attached hydrogens (tertiary/aromatic N) is 1. The van der Waals surface area contributed by atoms with Crippen LogP contribution in [0.15, 0.2) is 36.9 Å². The molecule has 0 heterocycles. The van der Waals surface area contributed by atoms with Gasteiger partial charge in [0.1, 0.15) is 0 Å². The SMILES string of the molecule is C=CCCC(C)Nc1cccc(C(=O)N(C)C)c1. The second-order valence-electron chi connectivity index (χ2n) is 4.69. The van der Waals surface area contributed by atoms with Gasteiger partial charge in [-0.1, -0.05) is 12.1 Å². The van der Waals surface area contributed by atoms with Gasteiger partial charge in [-0.15, -0.1) is 6.58 Å².